The monoisotopic (exact) mass is 465 g/mol. The van der Waals surface area contributed by atoms with Crippen molar-refractivity contribution in [2.75, 3.05) is 44.8 Å². The van der Waals surface area contributed by atoms with E-state index in [0.29, 0.717) is 5.56 Å². The second-order valence-corrected chi connectivity index (χ2v) is 10.5. The molecule has 3 aromatic rings. The number of rotatable bonds is 6. The van der Waals surface area contributed by atoms with Crippen molar-refractivity contribution in [3.8, 4) is 0 Å². The molecule has 1 aromatic heterocycles. The minimum atomic E-state index is -0.0528. The number of piperazine rings is 1. The molecule has 4 rings (SSSR count). The summed E-state index contributed by atoms with van der Waals surface area (Å²) in [5, 5.41) is 4.21. The number of nitrogens with one attached hydrogen (secondary N) is 1. The first kappa shape index (κ1) is 23.1. The van der Waals surface area contributed by atoms with Gasteiger partial charge in [0.15, 0.2) is 0 Å². The van der Waals surface area contributed by atoms with E-state index < -0.39 is 0 Å². The Hall–Kier alpha value is -2.12. The van der Waals surface area contributed by atoms with Gasteiger partial charge in [-0.25, -0.2) is 0 Å². The lowest BCUT2D eigenvalue weighted by Gasteiger charge is -2.39. The molecule has 1 atom stereocenters. The van der Waals surface area contributed by atoms with Crippen LogP contribution in [0, 0.1) is 13.8 Å². The van der Waals surface area contributed by atoms with Gasteiger partial charge in [-0.3, -0.25) is 9.69 Å². The molecule has 0 aliphatic carbocycles. The SMILES string of the molecule is CSc1ccc(C(c2c(NC(=O)c3ccccc3)sc(C)c2C)N2CCN(C)CC2)cc1. The van der Waals surface area contributed by atoms with E-state index in [0.717, 1.165) is 31.2 Å². The van der Waals surface area contributed by atoms with Crippen LogP contribution in [0.2, 0.25) is 0 Å². The number of benzene rings is 2. The topological polar surface area (TPSA) is 35.6 Å². The van der Waals surface area contributed by atoms with E-state index in [4.69, 9.17) is 0 Å². The van der Waals surface area contributed by atoms with E-state index in [-0.39, 0.29) is 11.9 Å². The summed E-state index contributed by atoms with van der Waals surface area (Å²) < 4.78 is 0. The standard InChI is InChI=1S/C26H31N3OS2/c1-18-19(2)32-26(27-25(30)21-8-6-5-7-9-21)23(18)24(29-16-14-28(3)15-17-29)20-10-12-22(31-4)13-11-20/h5-13,24H,14-17H2,1-4H3,(H,27,30). The van der Waals surface area contributed by atoms with Crippen molar-refractivity contribution in [2.45, 2.75) is 24.8 Å². The highest BCUT2D eigenvalue weighted by Gasteiger charge is 2.31. The zero-order valence-electron chi connectivity index (χ0n) is 19.2. The van der Waals surface area contributed by atoms with E-state index in [1.807, 2.05) is 30.3 Å². The van der Waals surface area contributed by atoms with Crippen molar-refractivity contribution in [3.63, 3.8) is 0 Å². The Kier molecular flexibility index (Phi) is 7.36. The number of likely N-dealkylation sites (N-methyl/N-ethyl adjacent to an activating group) is 1. The average molecular weight is 466 g/mol. The van der Waals surface area contributed by atoms with Crippen LogP contribution in [0.5, 0.6) is 0 Å². The van der Waals surface area contributed by atoms with Gasteiger partial charge in [-0.1, -0.05) is 30.3 Å². The zero-order valence-corrected chi connectivity index (χ0v) is 20.9. The van der Waals surface area contributed by atoms with Gasteiger partial charge in [0.1, 0.15) is 5.00 Å². The smallest absolute Gasteiger partial charge is 0.256 e. The van der Waals surface area contributed by atoms with Crippen molar-refractivity contribution in [1.82, 2.24) is 9.80 Å². The Labute approximate surface area is 199 Å². The second-order valence-electron chi connectivity index (χ2n) is 8.36. The van der Waals surface area contributed by atoms with Crippen LogP contribution in [-0.2, 0) is 0 Å². The summed E-state index contributed by atoms with van der Waals surface area (Å²) >= 11 is 3.45. The van der Waals surface area contributed by atoms with Crippen LogP contribution in [0.25, 0.3) is 0 Å². The lowest BCUT2D eigenvalue weighted by atomic mass is 9.94. The molecule has 168 valence electrons. The van der Waals surface area contributed by atoms with Gasteiger partial charge in [0.25, 0.3) is 5.91 Å². The number of nitrogens with zero attached hydrogens (tertiary/aromatic N) is 2. The molecule has 1 unspecified atom stereocenters. The summed E-state index contributed by atoms with van der Waals surface area (Å²) in [6.45, 7) is 8.45. The van der Waals surface area contributed by atoms with Crippen molar-refractivity contribution < 1.29 is 4.79 Å². The molecule has 1 N–H and O–H groups in total. The molecule has 0 bridgehead atoms. The van der Waals surface area contributed by atoms with Gasteiger partial charge in [-0.15, -0.1) is 23.1 Å². The Morgan fingerprint density at radius 3 is 2.28 bits per heavy atom. The third-order valence-electron chi connectivity index (χ3n) is 6.30. The molecule has 0 radical (unpaired) electrons. The van der Waals surface area contributed by atoms with Gasteiger partial charge >= 0.3 is 0 Å². The summed E-state index contributed by atoms with van der Waals surface area (Å²) in [4.78, 5) is 20.5. The van der Waals surface area contributed by atoms with Crippen molar-refractivity contribution in [1.29, 1.82) is 0 Å². The molecule has 1 aliphatic heterocycles. The molecule has 1 fully saturated rings. The molecule has 0 saturated carbocycles. The minimum Gasteiger partial charge on any atom is -0.313 e. The van der Waals surface area contributed by atoms with Crippen molar-refractivity contribution in [2.24, 2.45) is 0 Å². The molecular formula is C26H31N3OS2. The summed E-state index contributed by atoms with van der Waals surface area (Å²) in [5.74, 6) is -0.0528. The largest absolute Gasteiger partial charge is 0.313 e. The number of amides is 1. The van der Waals surface area contributed by atoms with Crippen LogP contribution in [-0.4, -0.2) is 55.2 Å². The molecule has 2 heterocycles. The third-order valence-corrected chi connectivity index (χ3v) is 8.18. The first-order valence-electron chi connectivity index (χ1n) is 11.0. The Morgan fingerprint density at radius 1 is 1.00 bits per heavy atom. The maximum atomic E-state index is 13.0. The second kappa shape index (κ2) is 10.2. The molecule has 32 heavy (non-hydrogen) atoms. The van der Waals surface area contributed by atoms with Gasteiger partial charge in [0.05, 0.1) is 6.04 Å². The summed E-state index contributed by atoms with van der Waals surface area (Å²) in [7, 11) is 2.19. The quantitative estimate of drug-likeness (QED) is 0.476. The predicted octanol–water partition coefficient (Wildman–Crippen LogP) is 5.68. The van der Waals surface area contributed by atoms with E-state index in [2.05, 4.69) is 66.5 Å². The maximum absolute atomic E-state index is 13.0. The molecule has 2 aromatic carbocycles. The first-order chi connectivity index (χ1) is 15.5. The highest BCUT2D eigenvalue weighted by Crippen LogP contribution is 2.42. The Morgan fingerprint density at radius 2 is 1.66 bits per heavy atom. The zero-order chi connectivity index (χ0) is 22.7. The molecule has 1 saturated heterocycles. The van der Waals surface area contributed by atoms with E-state index in [1.165, 1.54) is 26.5 Å². The fourth-order valence-electron chi connectivity index (χ4n) is 4.26. The van der Waals surface area contributed by atoms with Crippen LogP contribution in [0.1, 0.15) is 38.0 Å². The molecule has 1 amide bonds. The van der Waals surface area contributed by atoms with E-state index in [9.17, 15) is 4.79 Å². The number of anilines is 1. The molecule has 4 nitrogen and oxygen atoms in total. The molecule has 6 heteroatoms. The number of hydrogen-bond acceptors (Lipinski definition) is 5. The molecular weight excluding hydrogens is 434 g/mol. The number of thiophene rings is 1. The highest BCUT2D eigenvalue weighted by atomic mass is 32.2. The van der Waals surface area contributed by atoms with Crippen LogP contribution in [0.4, 0.5) is 5.00 Å². The highest BCUT2D eigenvalue weighted by molar-refractivity contribution is 7.98. The minimum absolute atomic E-state index is 0.0528. The predicted molar refractivity (Wildman–Crippen MR) is 137 cm³/mol. The number of thioether (sulfide) groups is 1. The normalized spacial score (nSPS) is 16.1. The maximum Gasteiger partial charge on any atom is 0.256 e. The lowest BCUT2D eigenvalue weighted by molar-refractivity contribution is 0.102. The molecule has 0 spiro atoms. The number of carbonyl (C=O) groups is 1. The van der Waals surface area contributed by atoms with Gasteiger partial charge in [-0.05, 0) is 62.5 Å². The van der Waals surface area contributed by atoms with Gasteiger partial charge in [-0.2, -0.15) is 0 Å². The van der Waals surface area contributed by atoms with Crippen molar-refractivity contribution in [3.05, 3.63) is 81.7 Å². The number of carbonyl (C=O) groups excluding carboxylic acids is 1. The lowest BCUT2D eigenvalue weighted by Crippen LogP contribution is -2.46. The van der Waals surface area contributed by atoms with Gasteiger partial charge in [0.2, 0.25) is 0 Å². The Balaban J connectivity index is 1.75. The van der Waals surface area contributed by atoms with Gasteiger partial charge < -0.3 is 10.2 Å². The third kappa shape index (κ3) is 4.94. The molecule has 1 aliphatic rings. The summed E-state index contributed by atoms with van der Waals surface area (Å²) in [5.41, 5.74) is 4.47. The number of hydrogen-bond donors (Lipinski definition) is 1. The van der Waals surface area contributed by atoms with Crippen LogP contribution in [0.15, 0.2) is 59.5 Å². The summed E-state index contributed by atoms with van der Waals surface area (Å²) in [6.07, 6.45) is 2.11. The van der Waals surface area contributed by atoms with Gasteiger partial charge in [0, 0.05) is 47.1 Å². The van der Waals surface area contributed by atoms with Crippen LogP contribution >= 0.6 is 23.1 Å². The van der Waals surface area contributed by atoms with E-state index >= 15 is 0 Å². The average Bonchev–Trinajstić information content (AvgIpc) is 3.09. The Bertz CT molecular complexity index is 1050. The fraction of sp³-hybridized carbons (Fsp3) is 0.346. The van der Waals surface area contributed by atoms with E-state index in [1.54, 1.807) is 23.1 Å². The first-order valence-corrected chi connectivity index (χ1v) is 13.0. The fourth-order valence-corrected chi connectivity index (χ4v) is 5.75. The number of aryl methyl sites for hydroxylation is 1. The van der Waals surface area contributed by atoms with Crippen LogP contribution in [0.3, 0.4) is 0 Å². The van der Waals surface area contributed by atoms with Crippen LogP contribution < -0.4 is 5.32 Å². The van der Waals surface area contributed by atoms with Crippen molar-refractivity contribution >= 4 is 34.0 Å². The summed E-state index contributed by atoms with van der Waals surface area (Å²) in [6, 6.07) is 18.5.